The van der Waals surface area contributed by atoms with E-state index >= 15 is 0 Å². The molecule has 0 aliphatic heterocycles. The first-order valence-corrected chi connectivity index (χ1v) is 6.44. The van der Waals surface area contributed by atoms with Crippen molar-refractivity contribution in [1.82, 2.24) is 5.32 Å². The highest BCUT2D eigenvalue weighted by Gasteiger charge is 2.46. The summed E-state index contributed by atoms with van der Waals surface area (Å²) in [6, 6.07) is 7.83. The van der Waals surface area contributed by atoms with Gasteiger partial charge in [0.15, 0.2) is 5.84 Å². The molecule has 1 aromatic carbocycles. The summed E-state index contributed by atoms with van der Waals surface area (Å²) >= 11 is 0. The Bertz CT molecular complexity index is 485. The monoisotopic (exact) mass is 263 g/mol. The smallest absolute Gasteiger partial charge is 0.170 e. The van der Waals surface area contributed by atoms with Gasteiger partial charge in [0.2, 0.25) is 0 Å². The number of hydrogen-bond donors (Lipinski definition) is 4. The van der Waals surface area contributed by atoms with E-state index in [0.29, 0.717) is 6.54 Å². The summed E-state index contributed by atoms with van der Waals surface area (Å²) in [6.07, 6.45) is 0.517. The molecule has 5 N–H and O–H groups in total. The molecule has 0 aromatic heterocycles. The van der Waals surface area contributed by atoms with E-state index in [9.17, 15) is 5.11 Å². The van der Waals surface area contributed by atoms with Crippen LogP contribution in [0.25, 0.3) is 0 Å². The van der Waals surface area contributed by atoms with Crippen molar-refractivity contribution in [3.05, 3.63) is 35.4 Å². The molecule has 0 amide bonds. The molecule has 0 saturated heterocycles. The lowest BCUT2D eigenvalue weighted by Gasteiger charge is -2.49. The number of hydrogen-bond acceptors (Lipinski definition) is 4. The minimum absolute atomic E-state index is 0.106. The van der Waals surface area contributed by atoms with Gasteiger partial charge in [-0.3, -0.25) is 0 Å². The van der Waals surface area contributed by atoms with Gasteiger partial charge >= 0.3 is 0 Å². The van der Waals surface area contributed by atoms with E-state index < -0.39 is 0 Å². The van der Waals surface area contributed by atoms with Crippen molar-refractivity contribution in [2.75, 3.05) is 0 Å². The van der Waals surface area contributed by atoms with E-state index in [1.165, 1.54) is 0 Å². The molecule has 1 aliphatic rings. The average molecular weight is 263 g/mol. The summed E-state index contributed by atoms with van der Waals surface area (Å²) in [6.45, 7) is 4.73. The van der Waals surface area contributed by atoms with Gasteiger partial charge in [0.25, 0.3) is 0 Å². The van der Waals surface area contributed by atoms with Gasteiger partial charge in [-0.2, -0.15) is 0 Å². The van der Waals surface area contributed by atoms with Crippen LogP contribution in [0.5, 0.6) is 0 Å². The molecule has 0 heterocycles. The summed E-state index contributed by atoms with van der Waals surface area (Å²) in [4.78, 5) is 0. The van der Waals surface area contributed by atoms with Gasteiger partial charge in [-0.1, -0.05) is 43.3 Å². The molecule has 5 heteroatoms. The van der Waals surface area contributed by atoms with Crippen molar-refractivity contribution < 1.29 is 10.3 Å². The van der Waals surface area contributed by atoms with Gasteiger partial charge in [0.1, 0.15) is 0 Å². The molecule has 1 aliphatic carbocycles. The first-order valence-electron chi connectivity index (χ1n) is 6.44. The van der Waals surface area contributed by atoms with Crippen molar-refractivity contribution in [1.29, 1.82) is 0 Å². The van der Waals surface area contributed by atoms with Crippen LogP contribution in [0, 0.1) is 5.41 Å². The fourth-order valence-electron chi connectivity index (χ4n) is 2.46. The van der Waals surface area contributed by atoms with Crippen molar-refractivity contribution >= 4 is 5.84 Å². The molecule has 1 fully saturated rings. The van der Waals surface area contributed by atoms with Crippen LogP contribution >= 0.6 is 0 Å². The molecule has 1 aromatic rings. The fraction of sp³-hybridized carbons (Fsp3) is 0.500. The second-order valence-electron chi connectivity index (χ2n) is 5.65. The highest BCUT2D eigenvalue weighted by Crippen LogP contribution is 2.40. The molecule has 2 atom stereocenters. The van der Waals surface area contributed by atoms with Gasteiger partial charge in [0, 0.05) is 23.6 Å². The maximum absolute atomic E-state index is 9.71. The van der Waals surface area contributed by atoms with E-state index in [1.807, 2.05) is 38.1 Å². The zero-order valence-corrected chi connectivity index (χ0v) is 11.3. The molecular formula is C14H21N3O2. The Hall–Kier alpha value is -1.59. The number of aliphatic hydroxyl groups is 1. The molecule has 0 radical (unpaired) electrons. The number of benzene rings is 1. The number of amidine groups is 1. The van der Waals surface area contributed by atoms with E-state index in [1.54, 1.807) is 0 Å². The molecule has 2 unspecified atom stereocenters. The SMILES string of the molecule is CC1(C)C(O)CC1NCc1ccccc1/C(N)=N/O. The summed E-state index contributed by atoms with van der Waals surface area (Å²) in [7, 11) is 0. The third kappa shape index (κ3) is 2.57. The van der Waals surface area contributed by atoms with Crippen molar-refractivity contribution in [3.63, 3.8) is 0 Å². The maximum Gasteiger partial charge on any atom is 0.170 e. The van der Waals surface area contributed by atoms with Crippen LogP contribution < -0.4 is 11.1 Å². The van der Waals surface area contributed by atoms with Gasteiger partial charge in [-0.25, -0.2) is 0 Å². The zero-order chi connectivity index (χ0) is 14.0. The Labute approximate surface area is 113 Å². The van der Waals surface area contributed by atoms with E-state index in [2.05, 4.69) is 10.5 Å². The Morgan fingerprint density at radius 2 is 2.16 bits per heavy atom. The van der Waals surface area contributed by atoms with Gasteiger partial charge in [0.05, 0.1) is 6.10 Å². The number of rotatable bonds is 4. The third-order valence-electron chi connectivity index (χ3n) is 4.16. The second-order valence-corrected chi connectivity index (χ2v) is 5.65. The molecular weight excluding hydrogens is 242 g/mol. The van der Waals surface area contributed by atoms with Crippen molar-refractivity contribution in [2.45, 2.75) is 39.0 Å². The summed E-state index contributed by atoms with van der Waals surface area (Å²) in [5.74, 6) is 0.116. The van der Waals surface area contributed by atoms with Crippen LogP contribution in [0.1, 0.15) is 31.4 Å². The Morgan fingerprint density at radius 3 is 2.74 bits per heavy atom. The van der Waals surface area contributed by atoms with Crippen LogP contribution in [-0.4, -0.2) is 28.3 Å². The van der Waals surface area contributed by atoms with Crippen LogP contribution in [-0.2, 0) is 6.54 Å². The number of aliphatic hydroxyl groups excluding tert-OH is 1. The quantitative estimate of drug-likeness (QED) is 0.283. The first-order chi connectivity index (χ1) is 8.96. The lowest BCUT2D eigenvalue weighted by Crippen LogP contribution is -2.59. The second kappa shape index (κ2) is 5.19. The van der Waals surface area contributed by atoms with Crippen molar-refractivity contribution in [3.8, 4) is 0 Å². The molecule has 5 nitrogen and oxygen atoms in total. The lowest BCUT2D eigenvalue weighted by atomic mass is 9.64. The molecule has 104 valence electrons. The predicted molar refractivity (Wildman–Crippen MR) is 74.0 cm³/mol. The van der Waals surface area contributed by atoms with Crippen LogP contribution in [0.4, 0.5) is 0 Å². The average Bonchev–Trinajstić information content (AvgIpc) is 2.42. The number of nitrogens with one attached hydrogen (secondary N) is 1. The first kappa shape index (κ1) is 13.8. The minimum Gasteiger partial charge on any atom is -0.409 e. The number of nitrogens with zero attached hydrogens (tertiary/aromatic N) is 1. The van der Waals surface area contributed by atoms with Crippen LogP contribution in [0.3, 0.4) is 0 Å². The Balaban J connectivity index is 2.05. The number of oxime groups is 1. The van der Waals surface area contributed by atoms with E-state index in [4.69, 9.17) is 10.9 Å². The van der Waals surface area contributed by atoms with Gasteiger partial charge < -0.3 is 21.4 Å². The molecule has 0 bridgehead atoms. The maximum atomic E-state index is 9.71. The van der Waals surface area contributed by atoms with Gasteiger partial charge in [-0.15, -0.1) is 0 Å². The van der Waals surface area contributed by atoms with Gasteiger partial charge in [-0.05, 0) is 12.0 Å². The highest BCUT2D eigenvalue weighted by molar-refractivity contribution is 5.98. The molecule has 0 spiro atoms. The zero-order valence-electron chi connectivity index (χ0n) is 11.3. The summed E-state index contributed by atoms with van der Waals surface area (Å²) in [5, 5.41) is 25.0. The fourth-order valence-corrected chi connectivity index (χ4v) is 2.46. The summed E-state index contributed by atoms with van der Waals surface area (Å²) in [5.41, 5.74) is 7.26. The Morgan fingerprint density at radius 1 is 1.47 bits per heavy atom. The standard InChI is InChI=1S/C14H21N3O2/c1-14(2)11(7-12(14)18)16-8-9-5-3-4-6-10(9)13(15)17-19/h3-6,11-12,16,18-19H,7-8H2,1-2H3,(H2,15,17). The van der Waals surface area contributed by atoms with Crippen LogP contribution in [0.15, 0.2) is 29.4 Å². The topological polar surface area (TPSA) is 90.9 Å². The molecule has 2 rings (SSSR count). The normalized spacial score (nSPS) is 25.9. The lowest BCUT2D eigenvalue weighted by molar-refractivity contribution is -0.0729. The van der Waals surface area contributed by atoms with Crippen molar-refractivity contribution in [2.24, 2.45) is 16.3 Å². The van der Waals surface area contributed by atoms with E-state index in [-0.39, 0.29) is 23.4 Å². The van der Waals surface area contributed by atoms with Crippen LogP contribution in [0.2, 0.25) is 0 Å². The number of nitrogens with two attached hydrogens (primary N) is 1. The predicted octanol–water partition coefficient (Wildman–Crippen LogP) is 1.03. The summed E-state index contributed by atoms with van der Waals surface area (Å²) < 4.78 is 0. The Kier molecular flexibility index (Phi) is 3.78. The molecule has 19 heavy (non-hydrogen) atoms. The molecule has 1 saturated carbocycles. The van der Waals surface area contributed by atoms with E-state index in [0.717, 1.165) is 17.5 Å². The third-order valence-corrected chi connectivity index (χ3v) is 4.16. The largest absolute Gasteiger partial charge is 0.409 e. The minimum atomic E-state index is -0.246. The highest BCUT2D eigenvalue weighted by atomic mass is 16.4.